The van der Waals surface area contributed by atoms with E-state index in [4.69, 9.17) is 10.8 Å². The molecule has 0 aliphatic heterocycles. The van der Waals surface area contributed by atoms with Crippen LogP contribution >= 0.6 is 0 Å². The summed E-state index contributed by atoms with van der Waals surface area (Å²) in [5.41, 5.74) is 3.15. The molecule has 1 aromatic carbocycles. The Bertz CT molecular complexity index is 529. The molecular weight excluding hydrogens is 277 g/mol. The maximum atomic E-state index is 12.9. The Morgan fingerprint density at radius 2 is 1.95 bits per heavy atom. The first-order chi connectivity index (χ1) is 9.16. The van der Waals surface area contributed by atoms with Crippen LogP contribution in [0.15, 0.2) is 18.2 Å². The maximum absolute atomic E-state index is 12.9. The summed E-state index contributed by atoms with van der Waals surface area (Å²) in [5.74, 6) is -2.36. The van der Waals surface area contributed by atoms with Gasteiger partial charge in [0.15, 0.2) is 0 Å². The normalized spacial score (nSPS) is 11.2. The van der Waals surface area contributed by atoms with Gasteiger partial charge in [-0.15, -0.1) is 0 Å². The van der Waals surface area contributed by atoms with E-state index in [0.29, 0.717) is 0 Å². The van der Waals surface area contributed by atoms with E-state index >= 15 is 0 Å². The molecule has 0 heterocycles. The van der Waals surface area contributed by atoms with Gasteiger partial charge in [-0.2, -0.15) is 13.2 Å². The van der Waals surface area contributed by atoms with Gasteiger partial charge in [0, 0.05) is 12.2 Å². The van der Waals surface area contributed by atoms with E-state index in [1.54, 1.807) is 6.92 Å². The number of aliphatic carboxylic acids is 1. The van der Waals surface area contributed by atoms with E-state index in [1.165, 1.54) is 11.0 Å². The minimum absolute atomic E-state index is 0.0622. The van der Waals surface area contributed by atoms with E-state index in [-0.39, 0.29) is 12.2 Å². The van der Waals surface area contributed by atoms with Crippen molar-refractivity contribution in [3.05, 3.63) is 29.3 Å². The lowest BCUT2D eigenvalue weighted by Gasteiger charge is -2.22. The fourth-order valence-corrected chi connectivity index (χ4v) is 1.73. The molecule has 1 rings (SSSR count). The number of rotatable bonds is 5. The van der Waals surface area contributed by atoms with Crippen LogP contribution in [0.2, 0.25) is 0 Å². The molecule has 110 valence electrons. The van der Waals surface area contributed by atoms with Crippen LogP contribution in [-0.2, 0) is 11.0 Å². The SMILES string of the molecule is CCN(CC(=O)O)c1ccc(C(N)=O)c(C(F)(F)F)c1. The second kappa shape index (κ2) is 5.81. The first kappa shape index (κ1) is 15.8. The third-order valence-electron chi connectivity index (χ3n) is 2.65. The summed E-state index contributed by atoms with van der Waals surface area (Å²) in [6.07, 6.45) is -4.75. The molecule has 0 aliphatic carbocycles. The number of alkyl halides is 3. The number of anilines is 1. The molecule has 8 heteroatoms. The summed E-state index contributed by atoms with van der Waals surface area (Å²) in [5, 5.41) is 8.71. The first-order valence-corrected chi connectivity index (χ1v) is 5.64. The van der Waals surface area contributed by atoms with E-state index in [9.17, 15) is 22.8 Å². The predicted octanol–water partition coefficient (Wildman–Crippen LogP) is 1.72. The fraction of sp³-hybridized carbons (Fsp3) is 0.333. The van der Waals surface area contributed by atoms with Crippen molar-refractivity contribution in [3.8, 4) is 0 Å². The topological polar surface area (TPSA) is 83.6 Å². The summed E-state index contributed by atoms with van der Waals surface area (Å²) in [6, 6.07) is 2.92. The van der Waals surface area contributed by atoms with Crippen molar-refractivity contribution in [2.24, 2.45) is 5.73 Å². The van der Waals surface area contributed by atoms with Gasteiger partial charge in [-0.25, -0.2) is 0 Å². The molecule has 0 atom stereocenters. The summed E-state index contributed by atoms with van der Waals surface area (Å²) >= 11 is 0. The number of halogens is 3. The number of hydrogen-bond donors (Lipinski definition) is 2. The molecule has 0 fully saturated rings. The van der Waals surface area contributed by atoms with E-state index in [1.807, 2.05) is 0 Å². The molecule has 20 heavy (non-hydrogen) atoms. The van der Waals surface area contributed by atoms with Crippen LogP contribution < -0.4 is 10.6 Å². The zero-order chi connectivity index (χ0) is 15.5. The molecule has 0 bridgehead atoms. The van der Waals surface area contributed by atoms with E-state index in [2.05, 4.69) is 0 Å². The Balaban J connectivity index is 3.31. The van der Waals surface area contributed by atoms with Crippen molar-refractivity contribution in [3.63, 3.8) is 0 Å². The number of benzene rings is 1. The number of carbonyl (C=O) groups is 2. The van der Waals surface area contributed by atoms with Crippen molar-refractivity contribution in [1.29, 1.82) is 0 Å². The molecule has 0 saturated carbocycles. The van der Waals surface area contributed by atoms with Gasteiger partial charge in [0.05, 0.1) is 11.1 Å². The first-order valence-electron chi connectivity index (χ1n) is 5.64. The van der Waals surface area contributed by atoms with Crippen LogP contribution in [0.25, 0.3) is 0 Å². The highest BCUT2D eigenvalue weighted by atomic mass is 19.4. The zero-order valence-electron chi connectivity index (χ0n) is 10.6. The zero-order valence-corrected chi connectivity index (χ0v) is 10.6. The number of carbonyl (C=O) groups excluding carboxylic acids is 1. The van der Waals surface area contributed by atoms with Crippen LogP contribution in [0.1, 0.15) is 22.8 Å². The largest absolute Gasteiger partial charge is 0.480 e. The second-order valence-corrected chi connectivity index (χ2v) is 4.00. The van der Waals surface area contributed by atoms with Gasteiger partial charge >= 0.3 is 12.1 Å². The minimum atomic E-state index is -4.75. The average molecular weight is 290 g/mol. The molecule has 0 saturated heterocycles. The predicted molar refractivity (Wildman–Crippen MR) is 65.5 cm³/mol. The highest BCUT2D eigenvalue weighted by Crippen LogP contribution is 2.34. The van der Waals surface area contributed by atoms with Crippen molar-refractivity contribution >= 4 is 17.6 Å². The molecule has 5 nitrogen and oxygen atoms in total. The monoisotopic (exact) mass is 290 g/mol. The van der Waals surface area contributed by atoms with Gasteiger partial charge in [0.25, 0.3) is 0 Å². The standard InChI is InChI=1S/C12H13F3N2O3/c1-2-17(6-10(18)19)7-3-4-8(11(16)20)9(5-7)12(13,14)15/h3-5H,2,6H2,1H3,(H2,16,20)(H,18,19). The van der Waals surface area contributed by atoms with Gasteiger partial charge in [-0.3, -0.25) is 9.59 Å². The number of nitrogens with zero attached hydrogens (tertiary/aromatic N) is 1. The number of carboxylic acid groups (broad SMARTS) is 1. The lowest BCUT2D eigenvalue weighted by atomic mass is 10.0. The van der Waals surface area contributed by atoms with Gasteiger partial charge in [0.2, 0.25) is 5.91 Å². The highest BCUT2D eigenvalue weighted by Gasteiger charge is 2.35. The number of nitrogens with two attached hydrogens (primary N) is 1. The molecule has 0 radical (unpaired) electrons. The number of hydrogen-bond acceptors (Lipinski definition) is 3. The Morgan fingerprint density at radius 1 is 1.35 bits per heavy atom. The van der Waals surface area contributed by atoms with Crippen molar-refractivity contribution < 1.29 is 27.9 Å². The lowest BCUT2D eigenvalue weighted by molar-refractivity contribution is -0.138. The molecule has 1 amide bonds. The summed E-state index contributed by atoms with van der Waals surface area (Å²) in [6.45, 7) is 1.38. The molecule has 1 aromatic rings. The summed E-state index contributed by atoms with van der Waals surface area (Å²) in [7, 11) is 0. The van der Waals surface area contributed by atoms with E-state index < -0.39 is 35.7 Å². The molecule has 0 aromatic heterocycles. The van der Waals surface area contributed by atoms with Crippen LogP contribution in [0.4, 0.5) is 18.9 Å². The number of likely N-dealkylation sites (N-methyl/N-ethyl adjacent to an activating group) is 1. The summed E-state index contributed by atoms with van der Waals surface area (Å²) < 4.78 is 38.6. The third kappa shape index (κ3) is 3.62. The molecular formula is C12H13F3N2O3. The van der Waals surface area contributed by atoms with Crippen LogP contribution in [0, 0.1) is 0 Å². The average Bonchev–Trinajstić information content (AvgIpc) is 2.33. The van der Waals surface area contributed by atoms with Gasteiger partial charge in [-0.05, 0) is 25.1 Å². The van der Waals surface area contributed by atoms with Crippen LogP contribution in [0.5, 0.6) is 0 Å². The van der Waals surface area contributed by atoms with Gasteiger partial charge in [0.1, 0.15) is 6.54 Å². The molecule has 3 N–H and O–H groups in total. The van der Waals surface area contributed by atoms with E-state index in [0.717, 1.165) is 12.1 Å². The maximum Gasteiger partial charge on any atom is 0.417 e. The third-order valence-corrected chi connectivity index (χ3v) is 2.65. The Kier molecular flexibility index (Phi) is 4.59. The molecule has 0 unspecified atom stereocenters. The number of carboxylic acids is 1. The van der Waals surface area contributed by atoms with Crippen molar-refractivity contribution in [2.75, 3.05) is 18.0 Å². The highest BCUT2D eigenvalue weighted by molar-refractivity contribution is 5.95. The lowest BCUT2D eigenvalue weighted by Crippen LogP contribution is -2.30. The fourth-order valence-electron chi connectivity index (χ4n) is 1.73. The van der Waals surface area contributed by atoms with Crippen molar-refractivity contribution in [2.45, 2.75) is 13.1 Å². The second-order valence-electron chi connectivity index (χ2n) is 4.00. The Hall–Kier alpha value is -2.25. The molecule has 0 spiro atoms. The van der Waals surface area contributed by atoms with Gasteiger partial charge < -0.3 is 15.7 Å². The van der Waals surface area contributed by atoms with Crippen molar-refractivity contribution in [1.82, 2.24) is 0 Å². The van der Waals surface area contributed by atoms with Crippen LogP contribution in [-0.4, -0.2) is 30.1 Å². The van der Waals surface area contributed by atoms with Gasteiger partial charge in [-0.1, -0.05) is 0 Å². The molecule has 0 aliphatic rings. The quantitative estimate of drug-likeness (QED) is 0.864. The smallest absolute Gasteiger partial charge is 0.417 e. The summed E-state index contributed by atoms with van der Waals surface area (Å²) in [4.78, 5) is 22.9. The van der Waals surface area contributed by atoms with Crippen LogP contribution in [0.3, 0.4) is 0 Å². The minimum Gasteiger partial charge on any atom is -0.480 e. The number of amides is 1. The Morgan fingerprint density at radius 3 is 2.35 bits per heavy atom. The Labute approximate surface area is 112 Å². The number of primary amides is 1.